The van der Waals surface area contributed by atoms with Crippen LogP contribution in [0.3, 0.4) is 0 Å². The van der Waals surface area contributed by atoms with Gasteiger partial charge in [0.15, 0.2) is 0 Å². The summed E-state index contributed by atoms with van der Waals surface area (Å²) in [4.78, 5) is 29.7. The van der Waals surface area contributed by atoms with Crippen molar-refractivity contribution in [2.24, 2.45) is 0 Å². The first-order valence-electron chi connectivity index (χ1n) is 16.6. The Labute approximate surface area is 269 Å². The molecule has 1 unspecified atom stereocenters. The zero-order valence-corrected chi connectivity index (χ0v) is 27.6. The van der Waals surface area contributed by atoms with Crippen LogP contribution >= 0.6 is 0 Å². The molecule has 1 amide bonds. The van der Waals surface area contributed by atoms with E-state index in [4.69, 9.17) is 4.74 Å². The van der Waals surface area contributed by atoms with Gasteiger partial charge in [-0.3, -0.25) is 4.79 Å². The number of hydrogen-bond acceptors (Lipinski definition) is 5. The van der Waals surface area contributed by atoms with Gasteiger partial charge in [-0.1, -0.05) is 77.6 Å². The largest absolute Gasteiger partial charge is 0.494 e. The number of carbonyl (C=O) groups excluding carboxylic acids is 1. The number of ether oxygens (including phenoxy) is 1. The van der Waals surface area contributed by atoms with Crippen molar-refractivity contribution < 1.29 is 19.4 Å². The van der Waals surface area contributed by atoms with Crippen molar-refractivity contribution in [1.29, 1.82) is 0 Å². The Hall–Kier alpha value is -4.00. The second-order valence-electron chi connectivity index (χ2n) is 13.1. The van der Waals surface area contributed by atoms with E-state index in [0.717, 1.165) is 68.2 Å². The van der Waals surface area contributed by atoms with Crippen molar-refractivity contribution in [2.75, 3.05) is 42.6 Å². The molecule has 0 bridgehead atoms. The monoisotopic (exact) mass is 613 g/mol. The number of benzene rings is 3. The van der Waals surface area contributed by atoms with Crippen LogP contribution in [0.1, 0.15) is 87.7 Å². The maximum Gasteiger partial charge on any atom is 0.326 e. The van der Waals surface area contributed by atoms with E-state index < -0.39 is 12.0 Å². The van der Waals surface area contributed by atoms with Crippen LogP contribution in [0.15, 0.2) is 72.8 Å². The van der Waals surface area contributed by atoms with E-state index in [-0.39, 0.29) is 17.7 Å². The molecule has 1 fully saturated rings. The predicted molar refractivity (Wildman–Crippen MR) is 184 cm³/mol. The molecular formula is C38H51N3O4. The van der Waals surface area contributed by atoms with Crippen LogP contribution in [0.2, 0.25) is 0 Å². The fourth-order valence-corrected chi connectivity index (χ4v) is 5.72. The molecule has 1 aliphatic rings. The SMILES string of the molecule is CCCCCCCOc1ccc(N2CCCN(c3ccc(CC(NC(=O)c4ccc(C(C)(C)C)cc4)C(=O)O)cc3)CC2)cc1. The number of nitrogens with zero attached hydrogens (tertiary/aromatic N) is 2. The third-order valence-electron chi connectivity index (χ3n) is 8.57. The van der Waals surface area contributed by atoms with E-state index in [0.29, 0.717) is 5.56 Å². The highest BCUT2D eigenvalue weighted by Crippen LogP contribution is 2.24. The van der Waals surface area contributed by atoms with Gasteiger partial charge >= 0.3 is 5.97 Å². The van der Waals surface area contributed by atoms with E-state index in [9.17, 15) is 14.7 Å². The van der Waals surface area contributed by atoms with Gasteiger partial charge in [-0.25, -0.2) is 4.79 Å². The molecule has 0 aliphatic carbocycles. The highest BCUT2D eigenvalue weighted by molar-refractivity contribution is 5.96. The molecule has 0 saturated carbocycles. The standard InChI is InChI=1S/C38H51N3O4/c1-5-6-7-8-9-27-45-34-21-19-33(20-22-34)41-24-10-23-40(25-26-41)32-17-11-29(12-18-32)28-35(37(43)44)39-36(42)30-13-15-31(16-14-30)38(2,3)4/h11-22,35H,5-10,23-28H2,1-4H3,(H,39,42)(H,43,44). The van der Waals surface area contributed by atoms with Gasteiger partial charge in [-0.05, 0) is 77.9 Å². The smallest absolute Gasteiger partial charge is 0.326 e. The second kappa shape index (κ2) is 16.4. The first kappa shape index (κ1) is 33.9. The number of aliphatic carboxylic acids is 1. The molecule has 3 aromatic carbocycles. The van der Waals surface area contributed by atoms with Gasteiger partial charge in [0.25, 0.3) is 5.91 Å². The minimum absolute atomic E-state index is 0.0216. The summed E-state index contributed by atoms with van der Waals surface area (Å²) >= 11 is 0. The average Bonchev–Trinajstić information content (AvgIpc) is 3.29. The van der Waals surface area contributed by atoms with Crippen molar-refractivity contribution in [3.05, 3.63) is 89.5 Å². The Kier molecular flexibility index (Phi) is 12.3. The number of amides is 1. The number of carboxylic acid groups (broad SMARTS) is 1. The quantitative estimate of drug-likeness (QED) is 0.184. The summed E-state index contributed by atoms with van der Waals surface area (Å²) in [6.45, 7) is 13.1. The molecule has 1 atom stereocenters. The number of anilines is 2. The highest BCUT2D eigenvalue weighted by atomic mass is 16.5. The fraction of sp³-hybridized carbons (Fsp3) is 0.474. The van der Waals surface area contributed by atoms with E-state index in [1.54, 1.807) is 12.1 Å². The summed E-state index contributed by atoms with van der Waals surface area (Å²) in [5, 5.41) is 12.6. The molecule has 45 heavy (non-hydrogen) atoms. The van der Waals surface area contributed by atoms with Gasteiger partial charge in [0, 0.05) is 49.5 Å². The third-order valence-corrected chi connectivity index (χ3v) is 8.57. The maximum atomic E-state index is 12.8. The van der Waals surface area contributed by atoms with Gasteiger partial charge in [0.1, 0.15) is 11.8 Å². The highest BCUT2D eigenvalue weighted by Gasteiger charge is 2.22. The van der Waals surface area contributed by atoms with Gasteiger partial charge in [-0.15, -0.1) is 0 Å². The van der Waals surface area contributed by atoms with E-state index in [1.165, 1.54) is 31.4 Å². The summed E-state index contributed by atoms with van der Waals surface area (Å²) in [6, 6.07) is 22.9. The fourth-order valence-electron chi connectivity index (χ4n) is 5.72. The Morgan fingerprint density at radius 1 is 0.800 bits per heavy atom. The molecule has 0 radical (unpaired) electrons. The Balaban J connectivity index is 1.27. The second-order valence-corrected chi connectivity index (χ2v) is 13.1. The summed E-state index contributed by atoms with van der Waals surface area (Å²) in [5.74, 6) is -0.493. The number of carbonyl (C=O) groups is 2. The lowest BCUT2D eigenvalue weighted by Crippen LogP contribution is -2.42. The minimum atomic E-state index is -1.05. The molecular weight excluding hydrogens is 562 g/mol. The molecule has 0 spiro atoms. The van der Waals surface area contributed by atoms with Crippen LogP contribution < -0.4 is 19.9 Å². The lowest BCUT2D eigenvalue weighted by molar-refractivity contribution is -0.139. The van der Waals surface area contributed by atoms with Crippen molar-refractivity contribution >= 4 is 23.3 Å². The number of hydrogen-bond donors (Lipinski definition) is 2. The molecule has 4 rings (SSSR count). The van der Waals surface area contributed by atoms with Gasteiger partial charge < -0.3 is 25.0 Å². The maximum absolute atomic E-state index is 12.8. The van der Waals surface area contributed by atoms with Crippen LogP contribution in [-0.2, 0) is 16.6 Å². The summed E-state index contributed by atoms with van der Waals surface area (Å²) in [6.07, 6.45) is 7.44. The van der Waals surface area contributed by atoms with Gasteiger partial charge in [-0.2, -0.15) is 0 Å². The Bertz CT molecular complexity index is 1350. The zero-order valence-electron chi connectivity index (χ0n) is 27.6. The van der Waals surface area contributed by atoms with E-state index in [2.05, 4.69) is 79.2 Å². The third kappa shape index (κ3) is 10.3. The first-order chi connectivity index (χ1) is 21.6. The molecule has 3 aromatic rings. The summed E-state index contributed by atoms with van der Waals surface area (Å²) in [5.41, 5.74) is 4.76. The van der Waals surface area contributed by atoms with Gasteiger partial charge in [0.05, 0.1) is 6.61 Å². The number of nitrogens with one attached hydrogen (secondary N) is 1. The molecule has 1 saturated heterocycles. The average molecular weight is 614 g/mol. The Morgan fingerprint density at radius 3 is 1.93 bits per heavy atom. The topological polar surface area (TPSA) is 82.1 Å². The number of rotatable bonds is 14. The number of unbranched alkanes of at least 4 members (excludes halogenated alkanes) is 4. The van der Waals surface area contributed by atoms with Crippen LogP contribution in [0.4, 0.5) is 11.4 Å². The molecule has 7 heteroatoms. The molecule has 1 aliphatic heterocycles. The zero-order chi connectivity index (χ0) is 32.2. The van der Waals surface area contributed by atoms with Crippen molar-refractivity contribution in [1.82, 2.24) is 5.32 Å². The van der Waals surface area contributed by atoms with Crippen molar-refractivity contribution in [2.45, 2.75) is 84.1 Å². The summed E-state index contributed by atoms with van der Waals surface area (Å²) in [7, 11) is 0. The molecule has 2 N–H and O–H groups in total. The van der Waals surface area contributed by atoms with Crippen LogP contribution in [0.5, 0.6) is 5.75 Å². The Morgan fingerprint density at radius 2 is 1.38 bits per heavy atom. The van der Waals surface area contributed by atoms with Crippen molar-refractivity contribution in [3.8, 4) is 5.75 Å². The lowest BCUT2D eigenvalue weighted by atomic mass is 9.86. The molecule has 242 valence electrons. The first-order valence-corrected chi connectivity index (χ1v) is 16.6. The van der Waals surface area contributed by atoms with Crippen LogP contribution in [-0.4, -0.2) is 55.8 Å². The van der Waals surface area contributed by atoms with Crippen LogP contribution in [0, 0.1) is 0 Å². The molecule has 0 aromatic heterocycles. The molecule has 7 nitrogen and oxygen atoms in total. The summed E-state index contributed by atoms with van der Waals surface area (Å²) < 4.78 is 5.95. The van der Waals surface area contributed by atoms with E-state index >= 15 is 0 Å². The lowest BCUT2D eigenvalue weighted by Gasteiger charge is -2.25. The van der Waals surface area contributed by atoms with Gasteiger partial charge in [0.2, 0.25) is 0 Å². The number of carboxylic acids is 1. The van der Waals surface area contributed by atoms with E-state index in [1.807, 2.05) is 24.3 Å². The van der Waals surface area contributed by atoms with Crippen LogP contribution in [0.25, 0.3) is 0 Å². The van der Waals surface area contributed by atoms with Crippen molar-refractivity contribution in [3.63, 3.8) is 0 Å². The predicted octanol–water partition coefficient (Wildman–Crippen LogP) is 7.48. The normalized spacial score (nSPS) is 14.5. The molecule has 1 heterocycles. The minimum Gasteiger partial charge on any atom is -0.494 e.